The van der Waals surface area contributed by atoms with Crippen LogP contribution in [0.5, 0.6) is 0 Å². The number of para-hydroxylation sites is 2. The summed E-state index contributed by atoms with van der Waals surface area (Å²) < 4.78 is 8.89. The number of rotatable bonds is 4. The molecular weight excluding hydrogens is 649 g/mol. The number of aromatic nitrogens is 4. The summed E-state index contributed by atoms with van der Waals surface area (Å²) in [5.41, 5.74) is 13.1. The second-order valence-electron chi connectivity index (χ2n) is 14.4. The van der Waals surface area contributed by atoms with Crippen molar-refractivity contribution >= 4 is 43.7 Å². The zero-order valence-corrected chi connectivity index (χ0v) is 29.2. The molecule has 250 valence electrons. The number of benzene rings is 7. The van der Waals surface area contributed by atoms with Gasteiger partial charge in [0.15, 0.2) is 17.5 Å². The number of fused-ring (bicyclic) bond motifs is 11. The van der Waals surface area contributed by atoms with Crippen molar-refractivity contribution in [1.29, 1.82) is 0 Å². The highest BCUT2D eigenvalue weighted by atomic mass is 16.3. The summed E-state index contributed by atoms with van der Waals surface area (Å²) in [6.07, 6.45) is 0. The Balaban J connectivity index is 1.15. The molecule has 0 unspecified atom stereocenters. The normalized spacial score (nSPS) is 13.2. The van der Waals surface area contributed by atoms with E-state index in [1.165, 1.54) is 43.9 Å². The molecule has 53 heavy (non-hydrogen) atoms. The van der Waals surface area contributed by atoms with Crippen molar-refractivity contribution in [1.82, 2.24) is 19.5 Å². The van der Waals surface area contributed by atoms with Gasteiger partial charge in [-0.05, 0) is 59.2 Å². The van der Waals surface area contributed by atoms with Gasteiger partial charge in [0.2, 0.25) is 0 Å². The van der Waals surface area contributed by atoms with Crippen LogP contribution in [0.2, 0.25) is 0 Å². The standard InChI is InChI=1S/C48H32N4O/c1-48(2)36-27-28-40-41(35-18-10-12-20-39(35)53-40)42(36)43-37(48)26-25-34-33-17-9-11-19-38(33)52(44(34)43)32-23-21-31(22-24-32)47-50-45(29-13-5-3-6-14-29)49-46(51-47)30-15-7-4-8-16-30/h3-28H,1-2H3. The van der Waals surface area contributed by atoms with Crippen LogP contribution in [0.4, 0.5) is 0 Å². The third-order valence-corrected chi connectivity index (χ3v) is 11.1. The molecule has 5 nitrogen and oxygen atoms in total. The second kappa shape index (κ2) is 11.1. The monoisotopic (exact) mass is 680 g/mol. The predicted molar refractivity (Wildman–Crippen MR) is 215 cm³/mol. The highest BCUT2D eigenvalue weighted by Crippen LogP contribution is 2.56. The van der Waals surface area contributed by atoms with Crippen LogP contribution in [-0.2, 0) is 5.41 Å². The molecule has 0 fully saturated rings. The lowest BCUT2D eigenvalue weighted by Gasteiger charge is -2.21. The summed E-state index contributed by atoms with van der Waals surface area (Å²) in [5.74, 6) is 1.93. The summed E-state index contributed by atoms with van der Waals surface area (Å²) in [7, 11) is 0. The van der Waals surface area contributed by atoms with Crippen LogP contribution in [0.3, 0.4) is 0 Å². The van der Waals surface area contributed by atoms with Gasteiger partial charge >= 0.3 is 0 Å². The van der Waals surface area contributed by atoms with Crippen molar-refractivity contribution in [2.24, 2.45) is 0 Å². The maximum absolute atomic E-state index is 6.45. The number of furan rings is 1. The van der Waals surface area contributed by atoms with Gasteiger partial charge in [-0.1, -0.05) is 129 Å². The minimum absolute atomic E-state index is 0.192. The maximum Gasteiger partial charge on any atom is 0.164 e. The number of hydrogen-bond acceptors (Lipinski definition) is 4. The fraction of sp³-hybridized carbons (Fsp3) is 0.0625. The van der Waals surface area contributed by atoms with Crippen LogP contribution < -0.4 is 0 Å². The Morgan fingerprint density at radius 3 is 1.68 bits per heavy atom. The SMILES string of the molecule is CC1(C)c2ccc3oc4ccccc4c3c2-c2c1ccc1c3ccccc3n(-c3ccc(-c4nc(-c5ccccc5)nc(-c5ccccc5)n4)cc3)c21. The van der Waals surface area contributed by atoms with Gasteiger partial charge in [0.1, 0.15) is 11.2 Å². The zero-order chi connectivity index (χ0) is 35.3. The van der Waals surface area contributed by atoms with Crippen molar-refractivity contribution in [3.8, 4) is 51.0 Å². The van der Waals surface area contributed by atoms with E-state index in [9.17, 15) is 0 Å². The molecule has 1 aliphatic carbocycles. The van der Waals surface area contributed by atoms with E-state index in [0.717, 1.165) is 44.4 Å². The van der Waals surface area contributed by atoms with E-state index in [-0.39, 0.29) is 5.41 Å². The lowest BCUT2D eigenvalue weighted by molar-refractivity contribution is 0.657. The summed E-state index contributed by atoms with van der Waals surface area (Å²) in [6, 6.07) is 55.1. The Kier molecular flexibility index (Phi) is 6.23. The van der Waals surface area contributed by atoms with Gasteiger partial charge in [-0.3, -0.25) is 0 Å². The Labute approximate surface area is 305 Å². The maximum atomic E-state index is 6.45. The van der Waals surface area contributed by atoms with Crippen LogP contribution in [0.15, 0.2) is 162 Å². The Bertz CT molecular complexity index is 3010. The molecule has 3 aromatic heterocycles. The van der Waals surface area contributed by atoms with Gasteiger partial charge in [0.25, 0.3) is 0 Å². The largest absolute Gasteiger partial charge is 0.456 e. The van der Waals surface area contributed by atoms with Gasteiger partial charge in [0, 0.05) is 54.9 Å². The Morgan fingerprint density at radius 1 is 0.453 bits per heavy atom. The molecule has 1 aliphatic rings. The van der Waals surface area contributed by atoms with Crippen molar-refractivity contribution in [2.75, 3.05) is 0 Å². The van der Waals surface area contributed by atoms with Crippen LogP contribution in [0.25, 0.3) is 94.7 Å². The minimum Gasteiger partial charge on any atom is -0.456 e. The van der Waals surface area contributed by atoms with Crippen molar-refractivity contribution in [3.63, 3.8) is 0 Å². The average Bonchev–Trinajstić information content (AvgIpc) is 3.84. The summed E-state index contributed by atoms with van der Waals surface area (Å²) >= 11 is 0. The average molecular weight is 681 g/mol. The van der Waals surface area contributed by atoms with E-state index in [1.54, 1.807) is 0 Å². The molecule has 0 amide bonds. The number of hydrogen-bond donors (Lipinski definition) is 0. The van der Waals surface area contributed by atoms with E-state index in [1.807, 2.05) is 66.7 Å². The molecule has 10 aromatic rings. The third kappa shape index (κ3) is 4.34. The molecule has 0 saturated heterocycles. The van der Waals surface area contributed by atoms with Gasteiger partial charge in [-0.15, -0.1) is 0 Å². The molecule has 0 N–H and O–H groups in total. The molecule has 11 rings (SSSR count). The van der Waals surface area contributed by atoms with E-state index < -0.39 is 0 Å². The summed E-state index contributed by atoms with van der Waals surface area (Å²) in [6.45, 7) is 4.70. The first-order chi connectivity index (χ1) is 26.0. The van der Waals surface area contributed by atoms with E-state index in [0.29, 0.717) is 17.5 Å². The fourth-order valence-electron chi connectivity index (χ4n) is 8.54. The van der Waals surface area contributed by atoms with E-state index in [4.69, 9.17) is 19.4 Å². The van der Waals surface area contributed by atoms with Crippen LogP contribution in [0, 0.1) is 0 Å². The van der Waals surface area contributed by atoms with Crippen molar-refractivity contribution in [2.45, 2.75) is 19.3 Å². The first-order valence-electron chi connectivity index (χ1n) is 18.0. The first kappa shape index (κ1) is 29.8. The molecule has 7 aromatic carbocycles. The predicted octanol–water partition coefficient (Wildman–Crippen LogP) is 12.2. The highest BCUT2D eigenvalue weighted by molar-refractivity contribution is 6.22. The third-order valence-electron chi connectivity index (χ3n) is 11.1. The lowest BCUT2D eigenvalue weighted by atomic mass is 9.82. The van der Waals surface area contributed by atoms with Crippen LogP contribution in [-0.4, -0.2) is 19.5 Å². The van der Waals surface area contributed by atoms with Gasteiger partial charge in [0.05, 0.1) is 11.0 Å². The zero-order valence-electron chi connectivity index (χ0n) is 29.2. The summed E-state index contributed by atoms with van der Waals surface area (Å²) in [5, 5.41) is 4.79. The lowest BCUT2D eigenvalue weighted by Crippen LogP contribution is -2.14. The Hall–Kier alpha value is -6.85. The molecule has 0 saturated carbocycles. The Morgan fingerprint density at radius 2 is 1.00 bits per heavy atom. The minimum atomic E-state index is -0.192. The van der Waals surface area contributed by atoms with E-state index in [2.05, 4.69) is 109 Å². The summed E-state index contributed by atoms with van der Waals surface area (Å²) in [4.78, 5) is 14.9. The molecule has 0 bridgehead atoms. The fourth-order valence-corrected chi connectivity index (χ4v) is 8.54. The van der Waals surface area contributed by atoms with Crippen LogP contribution in [0.1, 0.15) is 25.0 Å². The highest BCUT2D eigenvalue weighted by Gasteiger charge is 2.39. The molecular formula is C48H32N4O. The molecule has 5 heteroatoms. The van der Waals surface area contributed by atoms with Gasteiger partial charge in [-0.2, -0.15) is 0 Å². The molecule has 0 radical (unpaired) electrons. The second-order valence-corrected chi connectivity index (χ2v) is 14.4. The van der Waals surface area contributed by atoms with E-state index >= 15 is 0 Å². The van der Waals surface area contributed by atoms with Gasteiger partial charge in [-0.25, -0.2) is 15.0 Å². The van der Waals surface area contributed by atoms with Crippen LogP contribution >= 0.6 is 0 Å². The van der Waals surface area contributed by atoms with Crippen molar-refractivity contribution in [3.05, 3.63) is 169 Å². The first-order valence-corrected chi connectivity index (χ1v) is 18.0. The molecule has 0 aliphatic heterocycles. The van der Waals surface area contributed by atoms with Crippen molar-refractivity contribution < 1.29 is 4.42 Å². The molecule has 3 heterocycles. The quantitative estimate of drug-likeness (QED) is 0.186. The number of nitrogens with zero attached hydrogens (tertiary/aromatic N) is 4. The molecule has 0 spiro atoms. The van der Waals surface area contributed by atoms with Gasteiger partial charge < -0.3 is 8.98 Å². The smallest absolute Gasteiger partial charge is 0.164 e. The molecule has 0 atom stereocenters. The topological polar surface area (TPSA) is 56.7 Å².